The Bertz CT molecular complexity index is 266. The van der Waals surface area contributed by atoms with Crippen molar-refractivity contribution in [2.45, 2.75) is 24.3 Å². The quantitative estimate of drug-likeness (QED) is 0.705. The van der Waals surface area contributed by atoms with Gasteiger partial charge in [-0.3, -0.25) is 0 Å². The van der Waals surface area contributed by atoms with Gasteiger partial charge < -0.3 is 0 Å². The second-order valence-corrected chi connectivity index (χ2v) is 2.43. The molecule has 0 aromatic carbocycles. The van der Waals surface area contributed by atoms with Gasteiger partial charge >= 0.3 is 24.3 Å². The van der Waals surface area contributed by atoms with Crippen LogP contribution in [0.4, 0.5) is 39.5 Å². The average molecular weight is 261 g/mol. The molecule has 0 aromatic rings. The van der Waals surface area contributed by atoms with Crippen LogP contribution in [0.2, 0.25) is 0 Å². The van der Waals surface area contributed by atoms with E-state index in [9.17, 15) is 39.5 Å². The van der Waals surface area contributed by atoms with Crippen LogP contribution in [0, 0.1) is 6.58 Å². The van der Waals surface area contributed by atoms with Gasteiger partial charge in [0.25, 0.3) is 0 Å². The maximum absolute atomic E-state index is 12.3. The van der Waals surface area contributed by atoms with E-state index in [4.69, 9.17) is 0 Å². The molecule has 0 amide bonds. The van der Waals surface area contributed by atoms with Gasteiger partial charge in [0.05, 0.1) is 0 Å². The Morgan fingerprint density at radius 1 is 0.812 bits per heavy atom. The van der Waals surface area contributed by atoms with Crippen LogP contribution in [0.5, 0.6) is 0 Å². The minimum atomic E-state index is -6.45. The van der Waals surface area contributed by atoms with E-state index in [0.29, 0.717) is 0 Å². The van der Waals surface area contributed by atoms with Gasteiger partial charge in [-0.15, -0.1) is 13.2 Å². The molecular weight excluding hydrogens is 259 g/mol. The zero-order valence-corrected chi connectivity index (χ0v) is 6.96. The van der Waals surface area contributed by atoms with Crippen LogP contribution in [0.25, 0.3) is 0 Å². The molecule has 0 aliphatic carbocycles. The molecule has 0 spiro atoms. The minimum absolute atomic E-state index is 1.15. The maximum Gasteiger partial charge on any atom is 0.527 e. The van der Waals surface area contributed by atoms with Gasteiger partial charge in [-0.2, -0.15) is 26.3 Å². The van der Waals surface area contributed by atoms with Crippen molar-refractivity contribution in [1.82, 2.24) is 0 Å². The average Bonchev–Trinajstić information content (AvgIpc) is 1.99. The molecule has 0 atom stereocenters. The third-order valence-corrected chi connectivity index (χ3v) is 1.24. The van der Waals surface area contributed by atoms with Gasteiger partial charge in [-0.1, -0.05) is 6.58 Å². The molecule has 16 heavy (non-hydrogen) atoms. The SMILES string of the molecule is [CH]=CC(F)(F)C(F)(F)C(F)(F)OC(F)(F)F. The number of allylic oxidation sites excluding steroid dienone is 1. The lowest BCUT2D eigenvalue weighted by Gasteiger charge is -2.30. The number of hydrogen-bond donors (Lipinski definition) is 0. The van der Waals surface area contributed by atoms with Crippen molar-refractivity contribution in [3.63, 3.8) is 0 Å². The molecule has 0 aliphatic heterocycles. The number of hydrogen-bond acceptors (Lipinski definition) is 1. The highest BCUT2D eigenvalue weighted by atomic mass is 19.4. The Kier molecular flexibility index (Phi) is 3.60. The predicted octanol–water partition coefficient (Wildman–Crippen LogP) is 3.38. The van der Waals surface area contributed by atoms with Crippen molar-refractivity contribution in [1.29, 1.82) is 0 Å². The van der Waals surface area contributed by atoms with Gasteiger partial charge in [-0.05, 0) is 6.08 Å². The van der Waals surface area contributed by atoms with E-state index in [1.165, 1.54) is 0 Å². The van der Waals surface area contributed by atoms with E-state index in [0.717, 1.165) is 0 Å². The van der Waals surface area contributed by atoms with Crippen LogP contribution in [0.15, 0.2) is 6.08 Å². The molecule has 0 bridgehead atoms. The van der Waals surface area contributed by atoms with Crippen LogP contribution in [0.1, 0.15) is 0 Å². The third-order valence-electron chi connectivity index (χ3n) is 1.24. The van der Waals surface area contributed by atoms with Crippen molar-refractivity contribution in [3.8, 4) is 0 Å². The van der Waals surface area contributed by atoms with Crippen LogP contribution in [-0.2, 0) is 4.74 Å². The first-order chi connectivity index (χ1) is 6.77. The van der Waals surface area contributed by atoms with Gasteiger partial charge in [0, 0.05) is 0 Å². The first-order valence-electron chi connectivity index (χ1n) is 3.23. The molecule has 0 fully saturated rings. The molecule has 0 saturated carbocycles. The molecule has 1 nitrogen and oxygen atoms in total. The number of rotatable bonds is 4. The van der Waals surface area contributed by atoms with Crippen molar-refractivity contribution in [2.75, 3.05) is 0 Å². The van der Waals surface area contributed by atoms with Gasteiger partial charge in [-0.25, -0.2) is 4.74 Å². The Hall–Kier alpha value is -0.930. The summed E-state index contributed by atoms with van der Waals surface area (Å²) in [5, 5.41) is 0. The Balaban J connectivity index is 5.21. The fourth-order valence-electron chi connectivity index (χ4n) is 0.508. The van der Waals surface area contributed by atoms with Crippen LogP contribution in [-0.4, -0.2) is 24.3 Å². The Labute approximate surface area is 82.5 Å². The van der Waals surface area contributed by atoms with Crippen molar-refractivity contribution < 1.29 is 44.3 Å². The largest absolute Gasteiger partial charge is 0.527 e. The van der Waals surface area contributed by atoms with E-state index in [1.807, 2.05) is 0 Å². The zero-order valence-electron chi connectivity index (χ0n) is 6.96. The zero-order chi connectivity index (χ0) is 13.4. The summed E-state index contributed by atoms with van der Waals surface area (Å²) in [5.41, 5.74) is 0. The highest BCUT2D eigenvalue weighted by Gasteiger charge is 2.74. The lowest BCUT2D eigenvalue weighted by molar-refractivity contribution is -0.481. The molecule has 0 unspecified atom stereocenters. The van der Waals surface area contributed by atoms with Crippen molar-refractivity contribution >= 4 is 0 Å². The van der Waals surface area contributed by atoms with E-state index in [2.05, 4.69) is 6.58 Å². The summed E-state index contributed by atoms with van der Waals surface area (Å²) in [5.74, 6) is -12.1. The smallest absolute Gasteiger partial charge is 0.221 e. The van der Waals surface area contributed by atoms with E-state index >= 15 is 0 Å². The number of alkyl halides is 9. The number of ether oxygens (including phenoxy) is 1. The van der Waals surface area contributed by atoms with E-state index in [1.54, 1.807) is 4.74 Å². The Morgan fingerprint density at radius 2 is 1.19 bits per heavy atom. The summed E-state index contributed by atoms with van der Waals surface area (Å²) in [6, 6.07) is 0. The highest BCUT2D eigenvalue weighted by Crippen LogP contribution is 2.48. The summed E-state index contributed by atoms with van der Waals surface area (Å²) in [7, 11) is 0. The third kappa shape index (κ3) is 2.80. The summed E-state index contributed by atoms with van der Waals surface area (Å²) in [6.07, 6.45) is -13.8. The van der Waals surface area contributed by atoms with Crippen LogP contribution in [0.3, 0.4) is 0 Å². The summed E-state index contributed by atoms with van der Waals surface area (Å²) < 4.78 is 108. The topological polar surface area (TPSA) is 9.23 Å². The van der Waals surface area contributed by atoms with E-state index in [-0.39, 0.29) is 0 Å². The molecule has 0 aliphatic rings. The molecule has 10 heteroatoms. The highest BCUT2D eigenvalue weighted by molar-refractivity contribution is 5.01. The molecule has 1 radical (unpaired) electrons. The van der Waals surface area contributed by atoms with E-state index < -0.39 is 30.4 Å². The van der Waals surface area contributed by atoms with Crippen LogP contribution < -0.4 is 0 Å². The van der Waals surface area contributed by atoms with Crippen molar-refractivity contribution in [3.05, 3.63) is 12.7 Å². The van der Waals surface area contributed by atoms with Gasteiger partial charge in [0.15, 0.2) is 0 Å². The molecule has 0 saturated heterocycles. The lowest BCUT2D eigenvalue weighted by Crippen LogP contribution is -2.56. The molecule has 0 N–H and O–H groups in total. The molecule has 0 aromatic heterocycles. The summed E-state index contributed by atoms with van der Waals surface area (Å²) >= 11 is 0. The van der Waals surface area contributed by atoms with Crippen LogP contribution >= 0.6 is 0 Å². The normalized spacial score (nSPS) is 15.1. The van der Waals surface area contributed by atoms with Crippen molar-refractivity contribution in [2.24, 2.45) is 0 Å². The summed E-state index contributed by atoms with van der Waals surface area (Å²) in [4.78, 5) is 0. The second kappa shape index (κ2) is 3.82. The lowest BCUT2D eigenvalue weighted by atomic mass is 10.1. The minimum Gasteiger partial charge on any atom is -0.221 e. The van der Waals surface area contributed by atoms with Gasteiger partial charge in [0.1, 0.15) is 0 Å². The second-order valence-electron chi connectivity index (χ2n) is 2.43. The Morgan fingerprint density at radius 3 is 1.44 bits per heavy atom. The van der Waals surface area contributed by atoms with Gasteiger partial charge in [0.2, 0.25) is 0 Å². The number of halogens is 9. The first kappa shape index (κ1) is 15.1. The first-order valence-corrected chi connectivity index (χ1v) is 3.23. The molecule has 0 heterocycles. The predicted molar refractivity (Wildman–Crippen MR) is 30.9 cm³/mol. The fourth-order valence-corrected chi connectivity index (χ4v) is 0.508. The molecular formula is C6H2F9O. The standard InChI is InChI=1S/C6H2F9O/c1-2-3(7,8)4(9,10)5(11,12)16-6(13,14)15/h1-2H. The molecule has 0 rings (SSSR count). The monoisotopic (exact) mass is 261 g/mol. The summed E-state index contributed by atoms with van der Waals surface area (Å²) in [6.45, 7) is 3.93. The maximum atomic E-state index is 12.3. The molecule has 95 valence electrons. The fraction of sp³-hybridized carbons (Fsp3) is 0.667.